The molecule has 1 aromatic heterocycles. The van der Waals surface area contributed by atoms with E-state index in [9.17, 15) is 5.11 Å². The van der Waals surface area contributed by atoms with Crippen LogP contribution < -0.4 is 0 Å². The molecular formula is C16H23NOS. The highest BCUT2D eigenvalue weighted by Gasteiger charge is 2.53. The molecule has 104 valence electrons. The summed E-state index contributed by atoms with van der Waals surface area (Å²) in [5.74, 6) is 2.74. The summed E-state index contributed by atoms with van der Waals surface area (Å²) in [5.41, 5.74) is 1.34. The van der Waals surface area contributed by atoms with Crippen LogP contribution in [0.4, 0.5) is 0 Å². The van der Waals surface area contributed by atoms with Crippen LogP contribution in [0, 0.1) is 30.1 Å². The van der Waals surface area contributed by atoms with E-state index in [-0.39, 0.29) is 11.5 Å². The zero-order valence-electron chi connectivity index (χ0n) is 11.6. The van der Waals surface area contributed by atoms with Gasteiger partial charge >= 0.3 is 0 Å². The molecule has 2 nitrogen and oxygen atoms in total. The topological polar surface area (TPSA) is 33.1 Å². The quantitative estimate of drug-likeness (QED) is 0.916. The molecule has 3 heteroatoms. The van der Waals surface area contributed by atoms with Crippen LogP contribution in [0.5, 0.6) is 0 Å². The van der Waals surface area contributed by atoms with Crippen molar-refractivity contribution >= 4 is 11.3 Å². The molecule has 0 spiro atoms. The molecule has 4 aliphatic rings. The van der Waals surface area contributed by atoms with Crippen molar-refractivity contribution in [3.05, 3.63) is 16.1 Å². The Morgan fingerprint density at radius 2 is 1.84 bits per heavy atom. The van der Waals surface area contributed by atoms with Crippen molar-refractivity contribution in [1.82, 2.24) is 4.98 Å². The van der Waals surface area contributed by atoms with Crippen molar-refractivity contribution in [1.29, 1.82) is 0 Å². The van der Waals surface area contributed by atoms with Gasteiger partial charge in [-0.25, -0.2) is 4.98 Å². The molecule has 0 radical (unpaired) electrons. The molecular weight excluding hydrogens is 254 g/mol. The molecule has 0 amide bonds. The average Bonchev–Trinajstić information content (AvgIpc) is 2.73. The summed E-state index contributed by atoms with van der Waals surface area (Å²) in [6, 6.07) is 0. The predicted molar refractivity (Wildman–Crippen MR) is 77.2 cm³/mol. The van der Waals surface area contributed by atoms with Gasteiger partial charge in [-0.05, 0) is 68.6 Å². The van der Waals surface area contributed by atoms with Crippen LogP contribution in [0.15, 0.2) is 5.38 Å². The summed E-state index contributed by atoms with van der Waals surface area (Å²) in [7, 11) is 0. The second kappa shape index (κ2) is 4.29. The van der Waals surface area contributed by atoms with Gasteiger partial charge in [0.2, 0.25) is 0 Å². The molecule has 5 rings (SSSR count). The van der Waals surface area contributed by atoms with Crippen LogP contribution in [0.25, 0.3) is 0 Å². The maximum absolute atomic E-state index is 10.8. The minimum Gasteiger partial charge on any atom is -0.392 e. The maximum atomic E-state index is 10.8. The van der Waals surface area contributed by atoms with Crippen molar-refractivity contribution in [2.45, 2.75) is 58.0 Å². The van der Waals surface area contributed by atoms with Gasteiger partial charge in [0, 0.05) is 11.8 Å². The third-order valence-electron chi connectivity index (χ3n) is 5.86. The summed E-state index contributed by atoms with van der Waals surface area (Å²) in [6.45, 7) is 2.05. The van der Waals surface area contributed by atoms with Gasteiger partial charge in [-0.1, -0.05) is 0 Å². The van der Waals surface area contributed by atoms with Crippen molar-refractivity contribution in [2.24, 2.45) is 23.2 Å². The second-order valence-corrected chi connectivity index (χ2v) is 8.42. The number of aliphatic hydroxyl groups excluding tert-OH is 1. The van der Waals surface area contributed by atoms with Crippen molar-refractivity contribution in [2.75, 3.05) is 0 Å². The van der Waals surface area contributed by atoms with E-state index < -0.39 is 0 Å². The highest BCUT2D eigenvalue weighted by atomic mass is 32.1. The lowest BCUT2D eigenvalue weighted by Gasteiger charge is -2.58. The van der Waals surface area contributed by atoms with E-state index in [1.54, 1.807) is 11.3 Å². The van der Waals surface area contributed by atoms with Gasteiger partial charge in [-0.2, -0.15) is 0 Å². The fourth-order valence-electron chi connectivity index (χ4n) is 5.50. The van der Waals surface area contributed by atoms with E-state index in [2.05, 4.69) is 10.4 Å². The summed E-state index contributed by atoms with van der Waals surface area (Å²) in [5, 5.41) is 14.1. The molecule has 19 heavy (non-hydrogen) atoms. The first-order chi connectivity index (χ1) is 9.13. The van der Waals surface area contributed by atoms with Gasteiger partial charge in [-0.15, -0.1) is 11.3 Å². The Morgan fingerprint density at radius 1 is 1.26 bits per heavy atom. The Morgan fingerprint density at radius 3 is 2.32 bits per heavy atom. The summed E-state index contributed by atoms with van der Waals surface area (Å²) >= 11 is 1.70. The monoisotopic (exact) mass is 277 g/mol. The third-order valence-corrected chi connectivity index (χ3v) is 6.68. The molecule has 4 aliphatic carbocycles. The lowest BCUT2D eigenvalue weighted by molar-refractivity contribution is -0.119. The maximum Gasteiger partial charge on any atom is 0.0897 e. The molecule has 1 aromatic rings. The Hall–Kier alpha value is -0.410. The number of thiazole rings is 1. The number of aliphatic hydroxyl groups is 1. The molecule has 4 saturated carbocycles. The van der Waals surface area contributed by atoms with E-state index >= 15 is 0 Å². The minimum atomic E-state index is -0.164. The summed E-state index contributed by atoms with van der Waals surface area (Å²) in [4.78, 5) is 4.54. The largest absolute Gasteiger partial charge is 0.392 e. The van der Waals surface area contributed by atoms with E-state index in [1.165, 1.54) is 38.5 Å². The minimum absolute atomic E-state index is 0.164. The van der Waals surface area contributed by atoms with Gasteiger partial charge in [0.1, 0.15) is 0 Å². The molecule has 4 fully saturated rings. The lowest BCUT2D eigenvalue weighted by Crippen LogP contribution is -2.52. The fourth-order valence-corrected chi connectivity index (χ4v) is 6.13. The summed E-state index contributed by atoms with van der Waals surface area (Å²) in [6.07, 6.45) is 8.79. The van der Waals surface area contributed by atoms with Gasteiger partial charge in [0.25, 0.3) is 0 Å². The van der Waals surface area contributed by atoms with Crippen LogP contribution in [-0.4, -0.2) is 16.2 Å². The van der Waals surface area contributed by atoms with Crippen LogP contribution in [0.2, 0.25) is 0 Å². The molecule has 4 bridgehead atoms. The number of hydrogen-bond donors (Lipinski definition) is 1. The van der Waals surface area contributed by atoms with E-state index in [0.29, 0.717) is 0 Å². The molecule has 1 heterocycles. The Kier molecular flexibility index (Phi) is 2.79. The first kappa shape index (κ1) is 12.3. The van der Waals surface area contributed by atoms with Gasteiger partial charge in [-0.3, -0.25) is 0 Å². The van der Waals surface area contributed by atoms with Gasteiger partial charge in [0.05, 0.1) is 16.8 Å². The molecule has 0 aromatic carbocycles. The van der Waals surface area contributed by atoms with Crippen LogP contribution >= 0.6 is 11.3 Å². The smallest absolute Gasteiger partial charge is 0.0897 e. The van der Waals surface area contributed by atoms with Crippen molar-refractivity contribution in [3.8, 4) is 0 Å². The fraction of sp³-hybridized carbons (Fsp3) is 0.812. The SMILES string of the molecule is Cc1nc(CC(O)C23CC4CC(CC(C4)C2)C3)cs1. The Labute approximate surface area is 119 Å². The number of rotatable bonds is 3. The molecule has 1 atom stereocenters. The van der Waals surface area contributed by atoms with E-state index in [4.69, 9.17) is 0 Å². The van der Waals surface area contributed by atoms with Gasteiger partial charge in [0.15, 0.2) is 0 Å². The number of aromatic nitrogens is 1. The lowest BCUT2D eigenvalue weighted by atomic mass is 9.48. The Balaban J connectivity index is 1.54. The first-order valence-electron chi connectivity index (χ1n) is 7.72. The second-order valence-electron chi connectivity index (χ2n) is 7.36. The van der Waals surface area contributed by atoms with Crippen molar-refractivity contribution < 1.29 is 5.11 Å². The van der Waals surface area contributed by atoms with Gasteiger partial charge < -0.3 is 5.11 Å². The van der Waals surface area contributed by atoms with Crippen LogP contribution in [-0.2, 0) is 6.42 Å². The van der Waals surface area contributed by atoms with Crippen LogP contribution in [0.3, 0.4) is 0 Å². The highest BCUT2D eigenvalue weighted by molar-refractivity contribution is 7.09. The predicted octanol–water partition coefficient (Wildman–Crippen LogP) is 3.57. The van der Waals surface area contributed by atoms with E-state index in [1.807, 2.05) is 6.92 Å². The third kappa shape index (κ3) is 2.06. The molecule has 1 N–H and O–H groups in total. The molecule has 0 saturated heterocycles. The Bertz CT molecular complexity index is 446. The summed E-state index contributed by atoms with van der Waals surface area (Å²) < 4.78 is 0. The highest BCUT2D eigenvalue weighted by Crippen LogP contribution is 2.61. The standard InChI is InChI=1S/C16H23NOS/c1-10-17-14(9-19-10)5-15(18)16-6-11-2-12(7-16)4-13(3-11)8-16/h9,11-13,15,18H,2-8H2,1H3. The van der Waals surface area contributed by atoms with Crippen LogP contribution in [0.1, 0.15) is 49.2 Å². The zero-order chi connectivity index (χ0) is 13.0. The first-order valence-corrected chi connectivity index (χ1v) is 8.60. The molecule has 0 aliphatic heterocycles. The number of nitrogens with zero attached hydrogens (tertiary/aromatic N) is 1. The van der Waals surface area contributed by atoms with Crippen molar-refractivity contribution in [3.63, 3.8) is 0 Å². The molecule has 1 unspecified atom stereocenters. The number of hydrogen-bond acceptors (Lipinski definition) is 3. The number of aryl methyl sites for hydroxylation is 1. The zero-order valence-corrected chi connectivity index (χ0v) is 12.5. The average molecular weight is 277 g/mol. The van der Waals surface area contributed by atoms with E-state index in [0.717, 1.165) is 34.9 Å². The normalized spacial score (nSPS) is 41.7.